The van der Waals surface area contributed by atoms with Crippen molar-refractivity contribution in [2.24, 2.45) is 5.92 Å². The highest BCUT2D eigenvalue weighted by molar-refractivity contribution is 6.61. The normalized spacial score (nSPS) is 13.4. The molecule has 204 valence electrons. The summed E-state index contributed by atoms with van der Waals surface area (Å²) in [4.78, 5) is 48.1. The number of nitrogens with zero attached hydrogens (tertiary/aromatic N) is 3. The fourth-order valence-electron chi connectivity index (χ4n) is 4.45. The number of aldehydes is 1. The number of hydrogen-bond donors (Lipinski definition) is 2. The van der Waals surface area contributed by atoms with Gasteiger partial charge in [0.1, 0.15) is 5.75 Å². The maximum absolute atomic E-state index is 12.3. The zero-order valence-electron chi connectivity index (χ0n) is 21.8. The van der Waals surface area contributed by atoms with Crippen molar-refractivity contribution in [3.63, 3.8) is 0 Å². The molecule has 0 aliphatic heterocycles. The first-order valence-electron chi connectivity index (χ1n) is 12.8. The van der Waals surface area contributed by atoms with E-state index >= 15 is 0 Å². The second kappa shape index (κ2) is 13.1. The van der Waals surface area contributed by atoms with Gasteiger partial charge in [0.15, 0.2) is 6.29 Å². The van der Waals surface area contributed by atoms with Crippen LogP contribution < -0.4 is 20.1 Å². The number of halogens is 1. The molecule has 10 nitrogen and oxygen atoms in total. The minimum absolute atomic E-state index is 0.0259. The molecule has 2 aromatic carbocycles. The molecule has 0 saturated heterocycles. The Morgan fingerprint density at radius 1 is 1.00 bits per heavy atom. The van der Waals surface area contributed by atoms with E-state index in [2.05, 4.69) is 25.6 Å². The molecule has 1 aliphatic rings. The summed E-state index contributed by atoms with van der Waals surface area (Å²) < 4.78 is 11.2. The number of Topliss-reactive ketones (excluding diaryl/α,β-unsaturated/α-hetero) is 2. The topological polar surface area (TPSA) is 132 Å². The van der Waals surface area contributed by atoms with Crippen LogP contribution in [0.2, 0.25) is 5.02 Å². The zero-order chi connectivity index (χ0) is 27.8. The van der Waals surface area contributed by atoms with E-state index in [4.69, 9.17) is 21.1 Å². The highest BCUT2D eigenvalue weighted by Crippen LogP contribution is 2.29. The van der Waals surface area contributed by atoms with Gasteiger partial charge in [0.2, 0.25) is 17.7 Å². The summed E-state index contributed by atoms with van der Waals surface area (Å²) in [5, 5.41) is 6.69. The summed E-state index contributed by atoms with van der Waals surface area (Å²) in [6.07, 6.45) is 6.37. The Morgan fingerprint density at radius 2 is 1.67 bits per heavy atom. The number of rotatable bonds is 12. The third kappa shape index (κ3) is 7.29. The number of ether oxygens (including phenoxy) is 2. The van der Waals surface area contributed by atoms with E-state index in [1.165, 1.54) is 25.3 Å². The predicted octanol–water partition coefficient (Wildman–Crippen LogP) is 5.49. The maximum atomic E-state index is 12.3. The van der Waals surface area contributed by atoms with Crippen LogP contribution >= 0.6 is 11.6 Å². The summed E-state index contributed by atoms with van der Waals surface area (Å²) in [7, 11) is 1.54. The highest BCUT2D eigenvalue weighted by atomic mass is 35.5. The van der Waals surface area contributed by atoms with Crippen molar-refractivity contribution in [3.05, 3.63) is 52.5 Å². The molecule has 11 heteroatoms. The number of hydrogen-bond acceptors (Lipinski definition) is 10. The van der Waals surface area contributed by atoms with E-state index < -0.39 is 11.6 Å². The van der Waals surface area contributed by atoms with Crippen molar-refractivity contribution >= 4 is 52.7 Å². The number of ketones is 2. The van der Waals surface area contributed by atoms with Gasteiger partial charge in [-0.2, -0.15) is 15.0 Å². The average molecular weight is 552 g/mol. The molecule has 0 bridgehead atoms. The van der Waals surface area contributed by atoms with Crippen molar-refractivity contribution < 1.29 is 23.9 Å². The lowest BCUT2D eigenvalue weighted by molar-refractivity contribution is -0.126. The van der Waals surface area contributed by atoms with E-state index in [1.807, 2.05) is 6.92 Å². The molecule has 0 amide bonds. The minimum atomic E-state index is -1.09. The lowest BCUT2D eigenvalue weighted by Gasteiger charge is -2.21. The zero-order valence-corrected chi connectivity index (χ0v) is 22.6. The second-order valence-electron chi connectivity index (χ2n) is 9.22. The smallest absolute Gasteiger partial charge is 0.323 e. The Labute approximate surface area is 231 Å². The van der Waals surface area contributed by atoms with Crippen LogP contribution in [0.5, 0.6) is 11.8 Å². The maximum Gasteiger partial charge on any atom is 0.323 e. The number of nitrogens with one attached hydrogen (secondary N) is 2. The molecule has 0 unspecified atom stereocenters. The monoisotopic (exact) mass is 551 g/mol. The van der Waals surface area contributed by atoms with Crippen LogP contribution in [0.3, 0.4) is 0 Å². The van der Waals surface area contributed by atoms with Crippen molar-refractivity contribution in [1.82, 2.24) is 15.0 Å². The third-order valence-electron chi connectivity index (χ3n) is 6.51. The number of anilines is 4. The summed E-state index contributed by atoms with van der Waals surface area (Å²) in [5.74, 6) is -0.467. The van der Waals surface area contributed by atoms with Crippen molar-refractivity contribution in [2.75, 3.05) is 24.4 Å². The fourth-order valence-corrected chi connectivity index (χ4v) is 4.71. The number of carbonyl (C=O) groups excluding carboxylic acids is 3. The van der Waals surface area contributed by atoms with E-state index in [0.717, 1.165) is 12.8 Å². The van der Waals surface area contributed by atoms with Crippen molar-refractivity contribution in [2.45, 2.75) is 45.4 Å². The lowest BCUT2D eigenvalue weighted by Crippen LogP contribution is -2.17. The van der Waals surface area contributed by atoms with Crippen LogP contribution in [0.15, 0.2) is 36.4 Å². The molecule has 1 aromatic heterocycles. The molecule has 4 rings (SSSR count). The predicted molar refractivity (Wildman–Crippen MR) is 148 cm³/mol. The molecule has 1 fully saturated rings. The van der Waals surface area contributed by atoms with Crippen LogP contribution in [0.4, 0.5) is 23.3 Å². The van der Waals surface area contributed by atoms with Gasteiger partial charge in [0, 0.05) is 16.9 Å². The largest absolute Gasteiger partial charge is 0.495 e. The van der Waals surface area contributed by atoms with Crippen LogP contribution in [0, 0.1) is 5.92 Å². The number of aromatic nitrogens is 3. The van der Waals surface area contributed by atoms with E-state index in [1.54, 1.807) is 37.4 Å². The Hall–Kier alpha value is -4.05. The van der Waals surface area contributed by atoms with Gasteiger partial charge >= 0.3 is 6.01 Å². The Kier molecular flexibility index (Phi) is 9.43. The molecular weight excluding hydrogens is 522 g/mol. The van der Waals surface area contributed by atoms with Crippen LogP contribution in [-0.4, -0.2) is 46.5 Å². The standard InChI is InChI=1S/C28H30ClN5O5/c1-3-18-13-19(9-11-21(18)25(37)23(36)15-35)30-26-32-27(31-20-10-12-24(38-2)22(29)14-20)34-28(33-26)39-16-17-7-5-4-6-8-17/h9-15,17H,3-8,16H2,1-2H3,(H2,30,31,32,33,34). The SMILES string of the molecule is CCc1cc(Nc2nc(Nc3ccc(OC)c(Cl)c3)nc(OCC3CCCCC3)n2)ccc1C(=O)C(=O)C=O. The first-order chi connectivity index (χ1) is 18.9. The van der Waals surface area contributed by atoms with Gasteiger partial charge in [-0.25, -0.2) is 0 Å². The molecule has 3 aromatic rings. The quantitative estimate of drug-likeness (QED) is 0.129. The molecule has 39 heavy (non-hydrogen) atoms. The number of benzene rings is 2. The Bertz CT molecular complexity index is 1360. The van der Waals surface area contributed by atoms with Gasteiger partial charge in [-0.15, -0.1) is 0 Å². The third-order valence-corrected chi connectivity index (χ3v) is 6.81. The van der Waals surface area contributed by atoms with Crippen LogP contribution in [-0.2, 0) is 16.0 Å². The number of aryl methyl sites for hydroxylation is 1. The number of methoxy groups -OCH3 is 1. The van der Waals surface area contributed by atoms with Gasteiger partial charge < -0.3 is 20.1 Å². The second-order valence-corrected chi connectivity index (χ2v) is 9.62. The van der Waals surface area contributed by atoms with Crippen molar-refractivity contribution in [3.8, 4) is 11.8 Å². The van der Waals surface area contributed by atoms with E-state index in [9.17, 15) is 14.4 Å². The molecule has 1 aliphatic carbocycles. The average Bonchev–Trinajstić information content (AvgIpc) is 2.95. The fraction of sp³-hybridized carbons (Fsp3) is 0.357. The van der Waals surface area contributed by atoms with Gasteiger partial charge in [-0.05, 0) is 67.1 Å². The molecule has 0 atom stereocenters. The molecule has 2 N–H and O–H groups in total. The molecule has 1 saturated carbocycles. The van der Waals surface area contributed by atoms with E-state index in [-0.39, 0.29) is 29.8 Å². The van der Waals surface area contributed by atoms with Gasteiger partial charge in [0.25, 0.3) is 5.78 Å². The summed E-state index contributed by atoms with van der Waals surface area (Å²) in [6.45, 7) is 2.36. The molecule has 0 radical (unpaired) electrons. The summed E-state index contributed by atoms with van der Waals surface area (Å²) in [5.41, 5.74) is 2.03. The van der Waals surface area contributed by atoms with Crippen LogP contribution in [0.1, 0.15) is 54.9 Å². The number of carbonyl (C=O) groups is 3. The first-order valence-corrected chi connectivity index (χ1v) is 13.2. The van der Waals surface area contributed by atoms with Crippen molar-refractivity contribution in [1.29, 1.82) is 0 Å². The Balaban J connectivity index is 1.60. The summed E-state index contributed by atoms with van der Waals surface area (Å²) in [6, 6.07) is 10.2. The van der Waals surface area contributed by atoms with E-state index in [0.29, 0.717) is 46.7 Å². The first kappa shape index (κ1) is 28.0. The lowest BCUT2D eigenvalue weighted by atomic mass is 9.90. The summed E-state index contributed by atoms with van der Waals surface area (Å²) >= 11 is 6.27. The van der Waals surface area contributed by atoms with Gasteiger partial charge in [0.05, 0.1) is 18.7 Å². The highest BCUT2D eigenvalue weighted by Gasteiger charge is 2.19. The molecule has 1 heterocycles. The van der Waals surface area contributed by atoms with Crippen LogP contribution in [0.25, 0.3) is 0 Å². The van der Waals surface area contributed by atoms with Gasteiger partial charge in [-0.1, -0.05) is 37.8 Å². The molecule has 0 spiro atoms. The van der Waals surface area contributed by atoms with Gasteiger partial charge in [-0.3, -0.25) is 14.4 Å². The molecular formula is C28H30ClN5O5. The Morgan fingerprint density at radius 3 is 2.28 bits per heavy atom. The minimum Gasteiger partial charge on any atom is -0.495 e.